The first kappa shape index (κ1) is 30.1. The highest BCUT2D eigenvalue weighted by Gasteiger charge is 2.52. The van der Waals surface area contributed by atoms with Crippen LogP contribution >= 0.6 is 0 Å². The summed E-state index contributed by atoms with van der Waals surface area (Å²) in [5.41, 5.74) is 0.736. The fraction of sp³-hybridized carbons (Fsp3) is 0.176. The standard InChI is InChI=1S/C34H28O10/c35-30(22-13-5-1-6-14-22)40-21-26-27(42-31(36)23-15-7-2-8-16-23)28(43-32(37)24-17-9-3-10-18-24)29(34(39)41-26)44-33(38)25-19-11-4-12-20-25/h1-20,26-29,34,39H,21H2/t26-,27-,28-,29-,34+/m0/s1. The van der Waals surface area contributed by atoms with Crippen molar-refractivity contribution in [2.24, 2.45) is 0 Å². The van der Waals surface area contributed by atoms with Gasteiger partial charge in [0.2, 0.25) is 0 Å². The number of ether oxygens (including phenoxy) is 5. The van der Waals surface area contributed by atoms with Crippen molar-refractivity contribution in [3.05, 3.63) is 144 Å². The number of carbonyl (C=O) groups excluding carboxylic acids is 4. The van der Waals surface area contributed by atoms with Crippen molar-refractivity contribution >= 4 is 23.9 Å². The molecule has 0 amide bonds. The molecule has 0 saturated carbocycles. The summed E-state index contributed by atoms with van der Waals surface area (Å²) < 4.78 is 28.4. The van der Waals surface area contributed by atoms with Crippen molar-refractivity contribution in [1.82, 2.24) is 0 Å². The molecule has 1 saturated heterocycles. The van der Waals surface area contributed by atoms with Crippen LogP contribution in [0.3, 0.4) is 0 Å². The molecule has 10 nitrogen and oxygen atoms in total. The Morgan fingerprint density at radius 3 is 1.25 bits per heavy atom. The van der Waals surface area contributed by atoms with E-state index < -0.39 is 61.2 Å². The zero-order valence-corrected chi connectivity index (χ0v) is 23.3. The summed E-state index contributed by atoms with van der Waals surface area (Å²) in [6.45, 7) is -0.504. The Morgan fingerprint density at radius 2 is 0.841 bits per heavy atom. The lowest BCUT2D eigenvalue weighted by molar-refractivity contribution is -0.284. The van der Waals surface area contributed by atoms with Crippen molar-refractivity contribution in [1.29, 1.82) is 0 Å². The first-order chi connectivity index (χ1) is 21.4. The van der Waals surface area contributed by atoms with Gasteiger partial charge in [-0.15, -0.1) is 0 Å². The minimum atomic E-state index is -1.86. The molecule has 1 aliphatic rings. The minimum absolute atomic E-state index is 0.154. The number of carbonyl (C=O) groups is 4. The van der Waals surface area contributed by atoms with E-state index in [9.17, 15) is 24.3 Å². The Morgan fingerprint density at radius 1 is 0.500 bits per heavy atom. The lowest BCUT2D eigenvalue weighted by atomic mass is 9.97. The maximum Gasteiger partial charge on any atom is 0.338 e. The summed E-state index contributed by atoms with van der Waals surface area (Å²) in [5, 5.41) is 11.1. The monoisotopic (exact) mass is 596 g/mol. The number of rotatable bonds is 9. The Kier molecular flexibility index (Phi) is 9.75. The summed E-state index contributed by atoms with van der Waals surface area (Å²) in [7, 11) is 0. The molecule has 0 unspecified atom stereocenters. The molecule has 1 aliphatic heterocycles. The molecule has 10 heteroatoms. The van der Waals surface area contributed by atoms with Crippen molar-refractivity contribution < 1.29 is 48.0 Å². The van der Waals surface area contributed by atoms with Crippen molar-refractivity contribution in [2.45, 2.75) is 30.7 Å². The van der Waals surface area contributed by atoms with Crippen LogP contribution in [0, 0.1) is 0 Å². The maximum absolute atomic E-state index is 13.3. The lowest BCUT2D eigenvalue weighted by Crippen LogP contribution is -2.62. The zero-order valence-electron chi connectivity index (χ0n) is 23.3. The van der Waals surface area contributed by atoms with E-state index in [0.29, 0.717) is 0 Å². The Balaban J connectivity index is 1.48. The number of esters is 4. The molecule has 1 heterocycles. The molecular formula is C34H28O10. The smallest absolute Gasteiger partial charge is 0.338 e. The molecule has 0 spiro atoms. The minimum Gasteiger partial charge on any atom is -0.459 e. The lowest BCUT2D eigenvalue weighted by Gasteiger charge is -2.42. The predicted octanol–water partition coefficient (Wildman–Crippen LogP) is 4.24. The van der Waals surface area contributed by atoms with Crippen LogP contribution in [0.5, 0.6) is 0 Å². The number of hydrogen-bond donors (Lipinski definition) is 1. The number of hydrogen-bond acceptors (Lipinski definition) is 10. The fourth-order valence-corrected chi connectivity index (χ4v) is 4.54. The largest absolute Gasteiger partial charge is 0.459 e. The van der Waals surface area contributed by atoms with E-state index in [1.165, 1.54) is 36.4 Å². The van der Waals surface area contributed by atoms with Crippen LogP contribution in [0.15, 0.2) is 121 Å². The van der Waals surface area contributed by atoms with E-state index in [1.807, 2.05) is 0 Å². The molecule has 1 N–H and O–H groups in total. The Labute approximate surface area is 252 Å². The summed E-state index contributed by atoms with van der Waals surface area (Å²) >= 11 is 0. The van der Waals surface area contributed by atoms with Gasteiger partial charge in [0.25, 0.3) is 0 Å². The normalized spacial score (nSPS) is 21.0. The van der Waals surface area contributed by atoms with Gasteiger partial charge < -0.3 is 28.8 Å². The third-order valence-electron chi connectivity index (χ3n) is 6.76. The summed E-state index contributed by atoms with van der Waals surface area (Å²) in [4.78, 5) is 52.3. The van der Waals surface area contributed by atoms with Crippen LogP contribution in [0.4, 0.5) is 0 Å². The van der Waals surface area contributed by atoms with Crippen LogP contribution in [0.2, 0.25) is 0 Å². The Hall–Kier alpha value is -5.32. The molecule has 0 radical (unpaired) electrons. The van der Waals surface area contributed by atoms with Gasteiger partial charge in [0.1, 0.15) is 12.7 Å². The third kappa shape index (κ3) is 7.35. The van der Waals surface area contributed by atoms with Crippen molar-refractivity contribution in [3.8, 4) is 0 Å². The highest BCUT2D eigenvalue weighted by molar-refractivity contribution is 5.91. The van der Waals surface area contributed by atoms with E-state index in [0.717, 1.165) is 0 Å². The second kappa shape index (κ2) is 14.2. The van der Waals surface area contributed by atoms with E-state index in [4.69, 9.17) is 23.7 Å². The van der Waals surface area contributed by atoms with E-state index >= 15 is 0 Å². The maximum atomic E-state index is 13.3. The van der Waals surface area contributed by atoms with Crippen LogP contribution in [0.25, 0.3) is 0 Å². The summed E-state index contributed by atoms with van der Waals surface area (Å²) in [6.07, 6.45) is -7.89. The van der Waals surface area contributed by atoms with Gasteiger partial charge in [0, 0.05) is 0 Å². The zero-order chi connectivity index (χ0) is 30.9. The topological polar surface area (TPSA) is 135 Å². The van der Waals surface area contributed by atoms with Crippen molar-refractivity contribution in [3.63, 3.8) is 0 Å². The fourth-order valence-electron chi connectivity index (χ4n) is 4.54. The SMILES string of the molecule is O=C(OC[C@@H]1O[C@@H](O)[C@@H](OC(=O)c2ccccc2)[C@@H](OC(=O)c2ccccc2)[C@H]1OC(=O)c1ccccc1)c1ccccc1. The summed E-state index contributed by atoms with van der Waals surface area (Å²) in [6, 6.07) is 32.1. The molecule has 1 fully saturated rings. The first-order valence-electron chi connectivity index (χ1n) is 13.7. The van der Waals surface area contributed by atoms with Crippen LogP contribution < -0.4 is 0 Å². The number of aliphatic hydroxyl groups excluding tert-OH is 1. The van der Waals surface area contributed by atoms with Gasteiger partial charge in [0.15, 0.2) is 24.6 Å². The van der Waals surface area contributed by atoms with E-state index in [-0.39, 0.29) is 22.3 Å². The van der Waals surface area contributed by atoms with E-state index in [1.54, 1.807) is 84.9 Å². The Bertz CT molecular complexity index is 1560. The van der Waals surface area contributed by atoms with Gasteiger partial charge >= 0.3 is 23.9 Å². The van der Waals surface area contributed by atoms with E-state index in [2.05, 4.69) is 0 Å². The predicted molar refractivity (Wildman–Crippen MR) is 155 cm³/mol. The molecule has 224 valence electrons. The van der Waals surface area contributed by atoms with Crippen LogP contribution in [-0.4, -0.2) is 66.3 Å². The molecular weight excluding hydrogens is 568 g/mol. The van der Waals surface area contributed by atoms with Gasteiger partial charge in [-0.3, -0.25) is 0 Å². The average molecular weight is 597 g/mol. The van der Waals surface area contributed by atoms with Gasteiger partial charge in [-0.05, 0) is 48.5 Å². The quantitative estimate of drug-likeness (QED) is 0.221. The average Bonchev–Trinajstić information content (AvgIpc) is 3.07. The summed E-state index contributed by atoms with van der Waals surface area (Å²) in [5.74, 6) is -3.21. The number of aliphatic hydroxyl groups is 1. The molecule has 4 aromatic carbocycles. The highest BCUT2D eigenvalue weighted by atomic mass is 16.7. The highest BCUT2D eigenvalue weighted by Crippen LogP contribution is 2.30. The first-order valence-corrected chi connectivity index (χ1v) is 13.7. The molecule has 0 bridgehead atoms. The molecule has 5 atom stereocenters. The van der Waals surface area contributed by atoms with Gasteiger partial charge in [-0.1, -0.05) is 72.8 Å². The second-order valence-corrected chi connectivity index (χ2v) is 9.74. The molecule has 4 aromatic rings. The molecule has 0 aliphatic carbocycles. The third-order valence-corrected chi connectivity index (χ3v) is 6.76. The molecule has 5 rings (SSSR count). The van der Waals surface area contributed by atoms with Gasteiger partial charge in [0.05, 0.1) is 22.3 Å². The van der Waals surface area contributed by atoms with Crippen molar-refractivity contribution in [2.75, 3.05) is 6.61 Å². The molecule has 0 aromatic heterocycles. The van der Waals surface area contributed by atoms with Crippen LogP contribution in [0.1, 0.15) is 41.4 Å². The van der Waals surface area contributed by atoms with Gasteiger partial charge in [-0.2, -0.15) is 0 Å². The van der Waals surface area contributed by atoms with Gasteiger partial charge in [-0.25, -0.2) is 19.2 Å². The van der Waals surface area contributed by atoms with Crippen LogP contribution in [-0.2, 0) is 23.7 Å². The second-order valence-electron chi connectivity index (χ2n) is 9.74. The number of benzene rings is 4. The molecule has 44 heavy (non-hydrogen) atoms.